The molecule has 0 spiro atoms. The zero-order valence-electron chi connectivity index (χ0n) is 11.5. The third-order valence-electron chi connectivity index (χ3n) is 3.82. The van der Waals surface area contributed by atoms with Crippen LogP contribution in [0.1, 0.15) is 0 Å². The molecule has 7 heteroatoms. The highest BCUT2D eigenvalue weighted by Crippen LogP contribution is 2.44. The minimum absolute atomic E-state index is 0.0377. The van der Waals surface area contributed by atoms with Crippen molar-refractivity contribution in [2.45, 2.75) is 0 Å². The predicted molar refractivity (Wildman–Crippen MR) is 87.7 cm³/mol. The summed E-state index contributed by atoms with van der Waals surface area (Å²) in [5.41, 5.74) is 1.92. The molecule has 0 saturated heterocycles. The van der Waals surface area contributed by atoms with E-state index in [1.165, 1.54) is 18.2 Å². The fourth-order valence-electron chi connectivity index (χ4n) is 2.83. The first-order valence-corrected chi connectivity index (χ1v) is 7.11. The van der Waals surface area contributed by atoms with Gasteiger partial charge in [-0.3, -0.25) is 0 Å². The van der Waals surface area contributed by atoms with Crippen molar-refractivity contribution in [3.05, 3.63) is 52.1 Å². The number of H-pyrrole nitrogens is 2. The van der Waals surface area contributed by atoms with Crippen molar-refractivity contribution in [3.8, 4) is 17.1 Å². The molecule has 2 aromatic carbocycles. The molecule has 23 heavy (non-hydrogen) atoms. The molecule has 2 aromatic heterocycles. The van der Waals surface area contributed by atoms with Gasteiger partial charge in [-0.25, -0.2) is 4.39 Å². The number of aromatic amines is 2. The highest BCUT2D eigenvalue weighted by molar-refractivity contribution is 6.31. The molecular weight excluding hydrogens is 321 g/mol. The second kappa shape index (κ2) is 4.82. The minimum Gasteiger partial charge on any atom is -0.494 e. The average Bonchev–Trinajstić information content (AvgIpc) is 3.02. The van der Waals surface area contributed by atoms with Crippen LogP contribution < -0.4 is 0 Å². The van der Waals surface area contributed by atoms with Gasteiger partial charge in [-0.1, -0.05) is 11.6 Å². The van der Waals surface area contributed by atoms with Gasteiger partial charge in [0.15, 0.2) is 5.88 Å². The van der Waals surface area contributed by atoms with Crippen LogP contribution >= 0.6 is 11.6 Å². The van der Waals surface area contributed by atoms with Crippen molar-refractivity contribution in [3.63, 3.8) is 0 Å². The summed E-state index contributed by atoms with van der Waals surface area (Å²) in [7, 11) is 0. The number of nitrogens with one attached hydrogen (secondary N) is 2. The van der Waals surface area contributed by atoms with Crippen LogP contribution in [0.5, 0.6) is 5.88 Å². The fraction of sp³-hybridized carbons (Fsp3) is 0. The van der Waals surface area contributed by atoms with Crippen molar-refractivity contribution < 1.29 is 9.50 Å². The van der Waals surface area contributed by atoms with Crippen LogP contribution in [0.3, 0.4) is 0 Å². The van der Waals surface area contributed by atoms with Crippen molar-refractivity contribution in [2.24, 2.45) is 5.18 Å². The molecule has 0 aliphatic rings. The summed E-state index contributed by atoms with van der Waals surface area (Å²) in [5, 5.41) is 14.7. The number of aromatic hydroxyl groups is 1. The van der Waals surface area contributed by atoms with Crippen LogP contribution in [-0.4, -0.2) is 15.1 Å². The molecule has 0 bridgehead atoms. The van der Waals surface area contributed by atoms with Crippen LogP contribution in [0.2, 0.25) is 5.02 Å². The van der Waals surface area contributed by atoms with Crippen LogP contribution in [0.4, 0.5) is 10.1 Å². The van der Waals surface area contributed by atoms with Gasteiger partial charge in [0.05, 0.1) is 11.3 Å². The quantitative estimate of drug-likeness (QED) is 0.441. The first-order chi connectivity index (χ1) is 11.1. The van der Waals surface area contributed by atoms with Gasteiger partial charge in [-0.2, -0.15) is 0 Å². The molecule has 4 aromatic rings. The molecule has 0 radical (unpaired) electrons. The van der Waals surface area contributed by atoms with E-state index in [-0.39, 0.29) is 11.6 Å². The fourth-order valence-corrected chi connectivity index (χ4v) is 3.00. The van der Waals surface area contributed by atoms with Crippen molar-refractivity contribution in [1.82, 2.24) is 9.97 Å². The van der Waals surface area contributed by atoms with Gasteiger partial charge in [-0.05, 0) is 41.6 Å². The Kier molecular flexibility index (Phi) is 2.89. The monoisotopic (exact) mass is 329 g/mol. The van der Waals surface area contributed by atoms with E-state index < -0.39 is 5.82 Å². The second-order valence-corrected chi connectivity index (χ2v) is 5.60. The van der Waals surface area contributed by atoms with Gasteiger partial charge in [0.2, 0.25) is 0 Å². The number of benzene rings is 2. The zero-order chi connectivity index (χ0) is 16.1. The summed E-state index contributed by atoms with van der Waals surface area (Å²) in [4.78, 5) is 17.1. The van der Waals surface area contributed by atoms with Crippen molar-refractivity contribution in [2.75, 3.05) is 0 Å². The summed E-state index contributed by atoms with van der Waals surface area (Å²) in [6, 6.07) is 9.10. The lowest BCUT2D eigenvalue weighted by Crippen LogP contribution is -1.77. The first kappa shape index (κ1) is 13.8. The Morgan fingerprint density at radius 3 is 2.57 bits per heavy atom. The third kappa shape index (κ3) is 1.99. The highest BCUT2D eigenvalue weighted by atomic mass is 35.5. The number of hydrogen-bond acceptors (Lipinski definition) is 3. The number of aromatic nitrogens is 2. The lowest BCUT2D eigenvalue weighted by atomic mass is 10.1. The van der Waals surface area contributed by atoms with Gasteiger partial charge in [-0.15, -0.1) is 4.91 Å². The van der Waals surface area contributed by atoms with Crippen LogP contribution in [0.15, 0.2) is 41.6 Å². The maximum Gasteiger partial charge on any atom is 0.199 e. The molecule has 0 unspecified atom stereocenters. The third-order valence-corrected chi connectivity index (χ3v) is 4.05. The summed E-state index contributed by atoms with van der Waals surface area (Å²) in [6.07, 6.45) is 0. The van der Waals surface area contributed by atoms with E-state index in [0.29, 0.717) is 38.1 Å². The Bertz CT molecular complexity index is 1080. The molecule has 114 valence electrons. The van der Waals surface area contributed by atoms with Gasteiger partial charge in [0, 0.05) is 26.8 Å². The standard InChI is InChI=1S/C16H9ClFN3O2/c17-7-1-3-11-9(5-7)13(16(22)20-11)15-14(21-23)10-6-8(18)2-4-12(10)19-15/h1-6,19-20,22H. The van der Waals surface area contributed by atoms with Crippen molar-refractivity contribution in [1.29, 1.82) is 0 Å². The highest BCUT2D eigenvalue weighted by Gasteiger charge is 2.21. The molecule has 0 fully saturated rings. The summed E-state index contributed by atoms with van der Waals surface area (Å²) >= 11 is 6.02. The Hall–Kier alpha value is -2.86. The molecular formula is C16H9ClFN3O2. The lowest BCUT2D eigenvalue weighted by molar-refractivity contribution is 0.460. The Morgan fingerprint density at radius 2 is 1.78 bits per heavy atom. The van der Waals surface area contributed by atoms with Crippen LogP contribution in [0, 0.1) is 10.7 Å². The molecule has 0 amide bonds. The molecule has 0 aliphatic heterocycles. The summed E-state index contributed by atoms with van der Waals surface area (Å²) in [6.45, 7) is 0. The van der Waals surface area contributed by atoms with E-state index in [4.69, 9.17) is 11.6 Å². The van der Waals surface area contributed by atoms with Gasteiger partial charge < -0.3 is 15.1 Å². The normalized spacial score (nSPS) is 11.4. The second-order valence-electron chi connectivity index (χ2n) is 5.17. The van der Waals surface area contributed by atoms with Gasteiger partial charge in [0.1, 0.15) is 11.5 Å². The van der Waals surface area contributed by atoms with E-state index in [1.54, 1.807) is 18.2 Å². The number of hydrogen-bond donors (Lipinski definition) is 3. The topological polar surface area (TPSA) is 81.2 Å². The van der Waals surface area contributed by atoms with E-state index >= 15 is 0 Å². The molecule has 4 rings (SSSR count). The molecule has 5 nitrogen and oxygen atoms in total. The smallest absolute Gasteiger partial charge is 0.199 e. The first-order valence-electron chi connectivity index (χ1n) is 6.73. The average molecular weight is 330 g/mol. The number of halogens is 2. The molecule has 3 N–H and O–H groups in total. The predicted octanol–water partition coefficient (Wildman–Crippen LogP) is 5.21. The maximum atomic E-state index is 13.5. The molecule has 0 atom stereocenters. The number of fused-ring (bicyclic) bond motifs is 2. The van der Waals surface area contributed by atoms with Crippen LogP contribution in [-0.2, 0) is 0 Å². The number of nitrogens with zero attached hydrogens (tertiary/aromatic N) is 1. The Morgan fingerprint density at radius 1 is 1.04 bits per heavy atom. The zero-order valence-corrected chi connectivity index (χ0v) is 12.3. The lowest BCUT2D eigenvalue weighted by Gasteiger charge is -1.99. The molecule has 2 heterocycles. The van der Waals surface area contributed by atoms with Gasteiger partial charge in [0.25, 0.3) is 0 Å². The molecule has 0 aliphatic carbocycles. The Balaban J connectivity index is 2.12. The summed E-state index contributed by atoms with van der Waals surface area (Å²) in [5.74, 6) is -0.599. The van der Waals surface area contributed by atoms with E-state index in [9.17, 15) is 14.4 Å². The van der Waals surface area contributed by atoms with E-state index in [1.807, 2.05) is 0 Å². The SMILES string of the molecule is O=Nc1c(-c2c(O)[nH]c3ccc(Cl)cc23)[nH]c2ccc(F)cc12. The largest absolute Gasteiger partial charge is 0.494 e. The van der Waals surface area contributed by atoms with Gasteiger partial charge >= 0.3 is 0 Å². The van der Waals surface area contributed by atoms with E-state index in [0.717, 1.165) is 0 Å². The van der Waals surface area contributed by atoms with Crippen LogP contribution in [0.25, 0.3) is 33.1 Å². The molecule has 0 saturated carbocycles. The number of rotatable bonds is 2. The maximum absolute atomic E-state index is 13.5. The number of nitroso groups, excluding NO2 is 1. The Labute approximate surface area is 133 Å². The summed E-state index contributed by atoms with van der Waals surface area (Å²) < 4.78 is 13.5. The minimum atomic E-state index is -0.473. The van der Waals surface area contributed by atoms with Crippen molar-refractivity contribution >= 4 is 39.1 Å². The van der Waals surface area contributed by atoms with E-state index in [2.05, 4.69) is 15.1 Å².